The lowest BCUT2D eigenvalue weighted by atomic mass is 9.65. The van der Waals surface area contributed by atoms with Crippen LogP contribution in [0.25, 0.3) is 0 Å². The first-order valence-electron chi connectivity index (χ1n) is 13.1. The van der Waals surface area contributed by atoms with Crippen molar-refractivity contribution in [1.29, 1.82) is 0 Å². The van der Waals surface area contributed by atoms with Gasteiger partial charge in [-0.05, 0) is 51.4 Å². The molecule has 8 nitrogen and oxygen atoms in total. The molecule has 4 fully saturated rings. The number of carbonyl (C=O) groups is 3. The quantitative estimate of drug-likeness (QED) is 0.351. The van der Waals surface area contributed by atoms with Crippen LogP contribution in [-0.2, 0) is 19.1 Å². The minimum atomic E-state index is -1.09. The molecule has 4 rings (SSSR count). The minimum Gasteiger partial charge on any atom is -0.481 e. The van der Waals surface area contributed by atoms with E-state index in [2.05, 4.69) is 6.58 Å². The predicted octanol–water partition coefficient (Wildman–Crippen LogP) is 2.74. The zero-order chi connectivity index (χ0) is 24.5. The molecule has 2 N–H and O–H groups in total. The summed E-state index contributed by atoms with van der Waals surface area (Å²) >= 11 is 0. The molecule has 5 atom stereocenters. The normalized spacial score (nSPS) is 34.9. The van der Waals surface area contributed by atoms with E-state index in [0.717, 1.165) is 32.1 Å². The zero-order valence-electron chi connectivity index (χ0n) is 20.4. The number of carboxylic acid groups (broad SMARTS) is 1. The van der Waals surface area contributed by atoms with E-state index < -0.39 is 35.0 Å². The molecule has 3 heterocycles. The number of rotatable bonds is 11. The molecule has 3 aliphatic heterocycles. The fourth-order valence-corrected chi connectivity index (χ4v) is 7.29. The van der Waals surface area contributed by atoms with Crippen LogP contribution in [-0.4, -0.2) is 80.8 Å². The van der Waals surface area contributed by atoms with Gasteiger partial charge in [-0.1, -0.05) is 32.3 Å². The van der Waals surface area contributed by atoms with Gasteiger partial charge in [0.25, 0.3) is 0 Å². The Balaban J connectivity index is 1.71. The Hall–Kier alpha value is -1.93. The molecule has 2 amide bonds. The summed E-state index contributed by atoms with van der Waals surface area (Å²) < 4.78 is 6.62. The Morgan fingerprint density at radius 3 is 2.56 bits per heavy atom. The molecule has 1 spiro atoms. The maximum Gasteiger partial charge on any atom is 0.310 e. The molecule has 2 unspecified atom stereocenters. The molecular formula is C26H40N2O6. The van der Waals surface area contributed by atoms with Gasteiger partial charge >= 0.3 is 5.97 Å². The Morgan fingerprint density at radius 2 is 1.94 bits per heavy atom. The summed E-state index contributed by atoms with van der Waals surface area (Å²) in [6, 6.07) is -0.700. The number of amides is 2. The first kappa shape index (κ1) is 25.2. The summed E-state index contributed by atoms with van der Waals surface area (Å²) in [6.07, 6.45) is 10.5. The van der Waals surface area contributed by atoms with Crippen LogP contribution in [0.3, 0.4) is 0 Å². The summed E-state index contributed by atoms with van der Waals surface area (Å²) in [7, 11) is 0. The van der Waals surface area contributed by atoms with E-state index in [4.69, 9.17) is 9.84 Å². The topological polar surface area (TPSA) is 107 Å². The van der Waals surface area contributed by atoms with Gasteiger partial charge in [-0.3, -0.25) is 14.4 Å². The van der Waals surface area contributed by atoms with E-state index in [1.54, 1.807) is 11.0 Å². The van der Waals surface area contributed by atoms with E-state index in [0.29, 0.717) is 45.2 Å². The predicted molar refractivity (Wildman–Crippen MR) is 126 cm³/mol. The first-order valence-corrected chi connectivity index (χ1v) is 13.1. The lowest BCUT2D eigenvalue weighted by Crippen LogP contribution is -2.58. The van der Waals surface area contributed by atoms with Gasteiger partial charge in [0.1, 0.15) is 17.6 Å². The molecule has 1 aliphatic carbocycles. The number of aliphatic hydroxyl groups excluding tert-OH is 1. The van der Waals surface area contributed by atoms with Crippen LogP contribution in [0.15, 0.2) is 12.7 Å². The number of unbranched alkanes of at least 4 members (excludes halogenated alkanes) is 2. The molecule has 4 aliphatic rings. The van der Waals surface area contributed by atoms with Gasteiger partial charge < -0.3 is 24.7 Å². The van der Waals surface area contributed by atoms with E-state index >= 15 is 0 Å². The molecule has 0 radical (unpaired) electrons. The second kappa shape index (κ2) is 9.97. The van der Waals surface area contributed by atoms with Crippen LogP contribution in [0, 0.1) is 11.8 Å². The van der Waals surface area contributed by atoms with Crippen LogP contribution in [0.2, 0.25) is 0 Å². The standard InChI is InChI=1S/C26H40N2O6/c1-3-15-27(18-11-7-5-8-12-18)23(31)21-26-14-13-25(4-2,34-26)20(24(32)33)19(26)22(30)28(21)16-9-6-10-17-29/h3,18-21,29H,1,4-17H2,2H3,(H,32,33)/t19-,20+,21?,25-,26?/m0/s1. The van der Waals surface area contributed by atoms with Gasteiger partial charge in [0.15, 0.2) is 0 Å². The molecular weight excluding hydrogens is 436 g/mol. The number of hydrogen-bond donors (Lipinski definition) is 2. The fourth-order valence-electron chi connectivity index (χ4n) is 7.29. The molecule has 8 heteroatoms. The smallest absolute Gasteiger partial charge is 0.310 e. The number of likely N-dealkylation sites (tertiary alicyclic amines) is 1. The number of fused-ring (bicyclic) bond motifs is 1. The van der Waals surface area contributed by atoms with E-state index in [-0.39, 0.29) is 24.5 Å². The Kier molecular flexibility index (Phi) is 7.38. The van der Waals surface area contributed by atoms with Crippen LogP contribution < -0.4 is 0 Å². The van der Waals surface area contributed by atoms with Crippen molar-refractivity contribution in [2.75, 3.05) is 19.7 Å². The second-order valence-electron chi connectivity index (χ2n) is 10.6. The number of carbonyl (C=O) groups excluding carboxylic acids is 2. The van der Waals surface area contributed by atoms with E-state index in [9.17, 15) is 19.5 Å². The third-order valence-electron chi connectivity index (χ3n) is 8.86. The average Bonchev–Trinajstić information content (AvgIpc) is 3.44. The minimum absolute atomic E-state index is 0.0842. The Morgan fingerprint density at radius 1 is 1.21 bits per heavy atom. The van der Waals surface area contributed by atoms with Gasteiger partial charge in [-0.15, -0.1) is 6.58 Å². The van der Waals surface area contributed by atoms with Crippen LogP contribution in [0.5, 0.6) is 0 Å². The largest absolute Gasteiger partial charge is 0.481 e. The third kappa shape index (κ3) is 3.87. The number of hydrogen-bond acceptors (Lipinski definition) is 5. The highest BCUT2D eigenvalue weighted by Gasteiger charge is 2.79. The molecule has 34 heavy (non-hydrogen) atoms. The van der Waals surface area contributed by atoms with E-state index in [1.165, 1.54) is 6.42 Å². The van der Waals surface area contributed by atoms with Crippen LogP contribution in [0.4, 0.5) is 0 Å². The summed E-state index contributed by atoms with van der Waals surface area (Å²) in [6.45, 7) is 6.65. The molecule has 0 aromatic carbocycles. The van der Waals surface area contributed by atoms with Crippen LogP contribution >= 0.6 is 0 Å². The zero-order valence-corrected chi connectivity index (χ0v) is 20.4. The van der Waals surface area contributed by atoms with Gasteiger partial charge in [-0.25, -0.2) is 0 Å². The maximum absolute atomic E-state index is 14.3. The van der Waals surface area contributed by atoms with Crippen molar-refractivity contribution < 1.29 is 29.3 Å². The fraction of sp³-hybridized carbons (Fsp3) is 0.808. The van der Waals surface area contributed by atoms with Gasteiger partial charge in [0.05, 0.1) is 11.5 Å². The van der Waals surface area contributed by atoms with Gasteiger partial charge in [-0.2, -0.15) is 0 Å². The first-order chi connectivity index (χ1) is 16.4. The van der Waals surface area contributed by atoms with Crippen molar-refractivity contribution >= 4 is 17.8 Å². The summed E-state index contributed by atoms with van der Waals surface area (Å²) in [5.74, 6) is -3.15. The molecule has 190 valence electrons. The molecule has 0 aromatic rings. The number of nitrogens with zero attached hydrogens (tertiary/aromatic N) is 2. The number of ether oxygens (including phenoxy) is 1. The monoisotopic (exact) mass is 476 g/mol. The molecule has 1 saturated carbocycles. The van der Waals surface area contributed by atoms with Crippen LogP contribution in [0.1, 0.15) is 77.6 Å². The molecule has 2 bridgehead atoms. The summed E-state index contributed by atoms with van der Waals surface area (Å²) in [5, 5.41) is 19.3. The SMILES string of the molecule is C=CCN(C(=O)C1N(CCCCCO)C(=O)[C@@H]2[C@H](C(=O)O)[C@]3(CC)CCC12O3)C1CCCCC1. The second-order valence-corrected chi connectivity index (χ2v) is 10.6. The average molecular weight is 477 g/mol. The highest BCUT2D eigenvalue weighted by atomic mass is 16.5. The summed E-state index contributed by atoms with van der Waals surface area (Å²) in [5.41, 5.74) is -1.97. The van der Waals surface area contributed by atoms with Crippen molar-refractivity contribution in [1.82, 2.24) is 9.80 Å². The lowest BCUT2D eigenvalue weighted by Gasteiger charge is -2.40. The van der Waals surface area contributed by atoms with Crippen molar-refractivity contribution in [2.24, 2.45) is 11.8 Å². The highest BCUT2D eigenvalue weighted by molar-refractivity contribution is 5.98. The summed E-state index contributed by atoms with van der Waals surface area (Å²) in [4.78, 5) is 44.0. The number of aliphatic hydroxyl groups is 1. The van der Waals surface area contributed by atoms with E-state index in [1.807, 2.05) is 11.8 Å². The van der Waals surface area contributed by atoms with Crippen molar-refractivity contribution in [2.45, 2.75) is 101 Å². The molecule has 3 saturated heterocycles. The van der Waals surface area contributed by atoms with Crippen molar-refractivity contribution in [3.05, 3.63) is 12.7 Å². The van der Waals surface area contributed by atoms with Gasteiger partial charge in [0.2, 0.25) is 11.8 Å². The Bertz CT molecular complexity index is 811. The molecule has 0 aromatic heterocycles. The highest BCUT2D eigenvalue weighted by Crippen LogP contribution is 2.64. The lowest BCUT2D eigenvalue weighted by molar-refractivity contribution is -0.158. The number of carboxylic acids is 1. The number of aliphatic carboxylic acids is 1. The Labute approximate surface area is 202 Å². The maximum atomic E-state index is 14.3. The third-order valence-corrected chi connectivity index (χ3v) is 8.86. The van der Waals surface area contributed by atoms with Crippen molar-refractivity contribution in [3.8, 4) is 0 Å². The van der Waals surface area contributed by atoms with Gasteiger partial charge in [0, 0.05) is 25.7 Å². The van der Waals surface area contributed by atoms with Crippen molar-refractivity contribution in [3.63, 3.8) is 0 Å².